The fraction of sp³-hybridized carbons (Fsp3) is 0.200. The Morgan fingerprint density at radius 3 is 2.42 bits per heavy atom. The second-order valence-corrected chi connectivity index (χ2v) is 5.06. The van der Waals surface area contributed by atoms with Crippen LogP contribution in [0.25, 0.3) is 0 Å². The van der Waals surface area contributed by atoms with E-state index in [9.17, 15) is 18.5 Å². The van der Waals surface area contributed by atoms with Crippen molar-refractivity contribution in [1.29, 1.82) is 0 Å². The Kier molecular flexibility index (Phi) is 2.16. The lowest BCUT2D eigenvalue weighted by Crippen LogP contribution is -1.93. The number of sulfone groups is 1. The molecular weight excluding hydrogens is 202 g/mol. The lowest BCUT2D eigenvalue weighted by molar-refractivity contribution is -0.380. The minimum Gasteiger partial charge on any atom is -0.258 e. The van der Waals surface area contributed by atoms with Crippen molar-refractivity contribution >= 4 is 26.2 Å². The van der Waals surface area contributed by atoms with Gasteiger partial charge in [0, 0.05) is 17.7 Å². The van der Waals surface area contributed by atoms with Crippen molar-refractivity contribution in [3.05, 3.63) is 21.6 Å². The lowest BCUT2D eigenvalue weighted by atomic mass is 10.6. The minimum absolute atomic E-state index is 0.000741. The number of nitro groups is 1. The molecule has 0 bridgehead atoms. The average molecular weight is 207 g/mol. The first-order valence-corrected chi connectivity index (χ1v) is 5.61. The molecule has 0 radical (unpaired) electrons. The van der Waals surface area contributed by atoms with Gasteiger partial charge in [0.25, 0.3) is 0 Å². The molecule has 1 heterocycles. The van der Waals surface area contributed by atoms with Crippen LogP contribution < -0.4 is 0 Å². The summed E-state index contributed by atoms with van der Waals surface area (Å²) in [6.07, 6.45) is 1.01. The van der Waals surface area contributed by atoms with Crippen molar-refractivity contribution in [3.8, 4) is 0 Å². The van der Waals surface area contributed by atoms with Gasteiger partial charge in [-0.1, -0.05) is 11.3 Å². The first kappa shape index (κ1) is 9.14. The Morgan fingerprint density at radius 2 is 2.17 bits per heavy atom. The molecule has 0 unspecified atom stereocenters. The third-order valence-corrected chi connectivity index (χ3v) is 3.29. The molecule has 0 N–H and O–H groups in total. The highest BCUT2D eigenvalue weighted by Gasteiger charge is 2.15. The summed E-state index contributed by atoms with van der Waals surface area (Å²) in [5.74, 6) is 0. The lowest BCUT2D eigenvalue weighted by Gasteiger charge is -1.86. The van der Waals surface area contributed by atoms with Gasteiger partial charge in [-0.15, -0.1) is 0 Å². The van der Waals surface area contributed by atoms with Crippen molar-refractivity contribution < 1.29 is 13.3 Å². The quantitative estimate of drug-likeness (QED) is 0.536. The normalized spacial score (nSPS) is 11.4. The second kappa shape index (κ2) is 2.83. The zero-order valence-corrected chi connectivity index (χ0v) is 7.68. The van der Waals surface area contributed by atoms with Crippen molar-refractivity contribution in [2.24, 2.45) is 0 Å². The predicted molar refractivity (Wildman–Crippen MR) is 44.1 cm³/mol. The van der Waals surface area contributed by atoms with Gasteiger partial charge in [-0.2, -0.15) is 0 Å². The van der Waals surface area contributed by atoms with Gasteiger partial charge in [0.1, 0.15) is 0 Å². The topological polar surface area (TPSA) is 77.3 Å². The van der Waals surface area contributed by atoms with E-state index in [4.69, 9.17) is 0 Å². The van der Waals surface area contributed by atoms with E-state index in [1.54, 1.807) is 0 Å². The average Bonchev–Trinajstić information content (AvgIpc) is 2.30. The third kappa shape index (κ3) is 1.80. The fourth-order valence-electron chi connectivity index (χ4n) is 0.598. The van der Waals surface area contributed by atoms with Crippen LogP contribution in [-0.4, -0.2) is 19.6 Å². The Labute approximate surface area is 72.7 Å². The number of hydrogen-bond acceptors (Lipinski definition) is 5. The van der Waals surface area contributed by atoms with Gasteiger partial charge in [0.15, 0.2) is 9.84 Å². The summed E-state index contributed by atoms with van der Waals surface area (Å²) in [6.45, 7) is 0. The van der Waals surface area contributed by atoms with Crippen LogP contribution in [0.5, 0.6) is 0 Å². The van der Waals surface area contributed by atoms with E-state index in [0.717, 1.165) is 23.7 Å². The van der Waals surface area contributed by atoms with E-state index in [2.05, 4.69) is 0 Å². The first-order chi connectivity index (χ1) is 5.41. The van der Waals surface area contributed by atoms with E-state index in [1.165, 1.54) is 5.38 Å². The van der Waals surface area contributed by atoms with Crippen LogP contribution in [0, 0.1) is 10.1 Å². The van der Waals surface area contributed by atoms with Crippen LogP contribution in [-0.2, 0) is 9.84 Å². The molecule has 12 heavy (non-hydrogen) atoms. The molecule has 1 aromatic rings. The molecule has 7 heteroatoms. The Morgan fingerprint density at radius 1 is 1.58 bits per heavy atom. The number of hydrogen-bond donors (Lipinski definition) is 0. The number of nitrogens with zero attached hydrogens (tertiary/aromatic N) is 1. The van der Waals surface area contributed by atoms with Gasteiger partial charge < -0.3 is 0 Å². The highest BCUT2D eigenvalue weighted by Crippen LogP contribution is 2.25. The molecule has 0 spiro atoms. The van der Waals surface area contributed by atoms with Gasteiger partial charge in [-0.05, 0) is 0 Å². The van der Waals surface area contributed by atoms with Crippen LogP contribution in [0.3, 0.4) is 0 Å². The summed E-state index contributed by atoms with van der Waals surface area (Å²) in [6, 6.07) is 1.06. The molecule has 0 saturated carbocycles. The summed E-state index contributed by atoms with van der Waals surface area (Å²) in [7, 11) is -3.31. The molecule has 1 rings (SSSR count). The van der Waals surface area contributed by atoms with Gasteiger partial charge in [0.05, 0.1) is 9.82 Å². The van der Waals surface area contributed by atoms with Crippen molar-refractivity contribution in [3.63, 3.8) is 0 Å². The van der Waals surface area contributed by atoms with Crippen molar-refractivity contribution in [2.45, 2.75) is 4.90 Å². The van der Waals surface area contributed by atoms with E-state index in [1.807, 2.05) is 0 Å². The summed E-state index contributed by atoms with van der Waals surface area (Å²) >= 11 is 0.806. The van der Waals surface area contributed by atoms with Crippen molar-refractivity contribution in [1.82, 2.24) is 0 Å². The summed E-state index contributed by atoms with van der Waals surface area (Å²) < 4.78 is 21.7. The maximum absolute atomic E-state index is 10.9. The molecule has 0 fully saturated rings. The third-order valence-electron chi connectivity index (χ3n) is 1.17. The Hall–Kier alpha value is -0.950. The Balaban J connectivity index is 3.17. The maximum atomic E-state index is 10.9. The van der Waals surface area contributed by atoms with Crippen LogP contribution in [0.4, 0.5) is 5.00 Å². The molecule has 0 atom stereocenters. The van der Waals surface area contributed by atoms with E-state index in [-0.39, 0.29) is 9.90 Å². The zero-order valence-electron chi connectivity index (χ0n) is 6.05. The monoisotopic (exact) mass is 207 g/mol. The zero-order chi connectivity index (χ0) is 9.35. The number of rotatable bonds is 2. The van der Waals surface area contributed by atoms with Gasteiger partial charge in [-0.25, -0.2) is 8.42 Å². The molecule has 0 amide bonds. The molecule has 5 nitrogen and oxygen atoms in total. The van der Waals surface area contributed by atoms with E-state index in [0.29, 0.717) is 0 Å². The molecule has 0 saturated heterocycles. The molecule has 0 aliphatic rings. The molecule has 0 aromatic carbocycles. The minimum atomic E-state index is -3.31. The molecular formula is C5H5NO4S2. The predicted octanol–water partition coefficient (Wildman–Crippen LogP) is 1.06. The van der Waals surface area contributed by atoms with E-state index < -0.39 is 14.8 Å². The molecule has 0 aliphatic heterocycles. The SMILES string of the molecule is CS(=O)(=O)c1csc([N+](=O)[O-])c1. The largest absolute Gasteiger partial charge is 0.325 e. The van der Waals surface area contributed by atoms with Crippen LogP contribution in [0.15, 0.2) is 16.3 Å². The van der Waals surface area contributed by atoms with Crippen LogP contribution in [0.2, 0.25) is 0 Å². The van der Waals surface area contributed by atoms with Gasteiger partial charge >= 0.3 is 5.00 Å². The Bertz CT molecular complexity index is 405. The first-order valence-electron chi connectivity index (χ1n) is 2.84. The molecule has 1 aromatic heterocycles. The fourth-order valence-corrected chi connectivity index (χ4v) is 2.43. The standard InChI is InChI=1S/C5H5NO4S2/c1-12(9,10)4-2-5(6(7)8)11-3-4/h2-3H,1H3. The maximum Gasteiger partial charge on any atom is 0.325 e. The van der Waals surface area contributed by atoms with Gasteiger partial charge in [-0.3, -0.25) is 10.1 Å². The number of thiophene rings is 1. The second-order valence-electron chi connectivity index (χ2n) is 2.15. The highest BCUT2D eigenvalue weighted by molar-refractivity contribution is 7.90. The molecule has 66 valence electrons. The highest BCUT2D eigenvalue weighted by atomic mass is 32.2. The van der Waals surface area contributed by atoms with Crippen LogP contribution in [0.1, 0.15) is 0 Å². The summed E-state index contributed by atoms with van der Waals surface area (Å²) in [5.41, 5.74) is 0. The van der Waals surface area contributed by atoms with Gasteiger partial charge in [0.2, 0.25) is 0 Å². The van der Waals surface area contributed by atoms with Crippen molar-refractivity contribution in [2.75, 3.05) is 6.26 Å². The van der Waals surface area contributed by atoms with E-state index >= 15 is 0 Å². The summed E-state index contributed by atoms with van der Waals surface area (Å²) in [4.78, 5) is 9.55. The summed E-state index contributed by atoms with van der Waals surface area (Å²) in [5, 5.41) is 11.3. The van der Waals surface area contributed by atoms with Crippen LogP contribution >= 0.6 is 11.3 Å². The smallest absolute Gasteiger partial charge is 0.258 e. The molecule has 0 aliphatic carbocycles.